The number of nitrogens with one attached hydrogen (secondary N) is 2. The van der Waals surface area contributed by atoms with Gasteiger partial charge in [-0.15, -0.1) is 24.0 Å². The standard InChI is InChI=1S/C16H30N6.HI/c1-3-17-16(18-8-5-10-22-11-6-9-20-22)19-13-15-7-12-21(4-2)14-15;/h6,9,11,15H,3-5,7-8,10,12-14H2,1-2H3,(H2,17,18,19);1H. The van der Waals surface area contributed by atoms with E-state index in [1.54, 1.807) is 0 Å². The van der Waals surface area contributed by atoms with Crippen molar-refractivity contribution in [1.29, 1.82) is 0 Å². The molecule has 1 aliphatic heterocycles. The lowest BCUT2D eigenvalue weighted by molar-refractivity contribution is 0.343. The first-order valence-electron chi connectivity index (χ1n) is 8.53. The third-order valence-corrected chi connectivity index (χ3v) is 4.08. The van der Waals surface area contributed by atoms with E-state index in [2.05, 4.69) is 34.5 Å². The summed E-state index contributed by atoms with van der Waals surface area (Å²) >= 11 is 0. The predicted molar refractivity (Wildman–Crippen MR) is 106 cm³/mol. The zero-order valence-electron chi connectivity index (χ0n) is 14.4. The Bertz CT molecular complexity index is 434. The van der Waals surface area contributed by atoms with Crippen molar-refractivity contribution in [2.45, 2.75) is 33.2 Å². The highest BCUT2D eigenvalue weighted by Crippen LogP contribution is 2.15. The molecule has 6 nitrogen and oxygen atoms in total. The average Bonchev–Trinajstić information content (AvgIpc) is 3.20. The molecule has 1 unspecified atom stereocenters. The largest absolute Gasteiger partial charge is 0.357 e. The molecule has 7 heteroatoms. The molecule has 1 atom stereocenters. The van der Waals surface area contributed by atoms with Crippen molar-refractivity contribution < 1.29 is 0 Å². The lowest BCUT2D eigenvalue weighted by Crippen LogP contribution is -2.38. The van der Waals surface area contributed by atoms with Gasteiger partial charge in [0.2, 0.25) is 0 Å². The van der Waals surface area contributed by atoms with Gasteiger partial charge in [0.1, 0.15) is 0 Å². The number of likely N-dealkylation sites (tertiary alicyclic amines) is 1. The molecule has 0 aliphatic carbocycles. The van der Waals surface area contributed by atoms with E-state index in [1.165, 1.54) is 19.5 Å². The molecule has 1 saturated heterocycles. The van der Waals surface area contributed by atoms with Gasteiger partial charge in [-0.1, -0.05) is 6.92 Å². The molecule has 23 heavy (non-hydrogen) atoms. The summed E-state index contributed by atoms with van der Waals surface area (Å²) in [7, 11) is 0. The molecule has 1 aliphatic rings. The number of nitrogens with zero attached hydrogens (tertiary/aromatic N) is 4. The second-order valence-corrected chi connectivity index (χ2v) is 5.82. The molecular formula is C16H31IN6. The van der Waals surface area contributed by atoms with E-state index in [1.807, 2.05) is 23.1 Å². The van der Waals surface area contributed by atoms with Crippen molar-refractivity contribution >= 4 is 29.9 Å². The lowest BCUT2D eigenvalue weighted by atomic mass is 10.1. The van der Waals surface area contributed by atoms with Gasteiger partial charge in [0.05, 0.1) is 0 Å². The Hall–Kier alpha value is -0.830. The number of aryl methyl sites for hydroxylation is 1. The fraction of sp³-hybridized carbons (Fsp3) is 0.750. The molecule has 1 aromatic rings. The second-order valence-electron chi connectivity index (χ2n) is 5.82. The van der Waals surface area contributed by atoms with Crippen molar-refractivity contribution in [3.8, 4) is 0 Å². The monoisotopic (exact) mass is 434 g/mol. The molecule has 1 fully saturated rings. The Morgan fingerprint density at radius 1 is 1.35 bits per heavy atom. The van der Waals surface area contributed by atoms with Gasteiger partial charge >= 0.3 is 0 Å². The summed E-state index contributed by atoms with van der Waals surface area (Å²) in [5.41, 5.74) is 0. The van der Waals surface area contributed by atoms with E-state index in [0.717, 1.165) is 45.1 Å². The van der Waals surface area contributed by atoms with Gasteiger partial charge < -0.3 is 15.5 Å². The second kappa shape index (κ2) is 11.7. The van der Waals surface area contributed by atoms with E-state index in [4.69, 9.17) is 4.99 Å². The van der Waals surface area contributed by atoms with Crippen LogP contribution in [0.5, 0.6) is 0 Å². The Morgan fingerprint density at radius 2 is 2.22 bits per heavy atom. The Kier molecular flexibility index (Phi) is 10.3. The molecule has 1 aromatic heterocycles. The van der Waals surface area contributed by atoms with Gasteiger partial charge in [0.25, 0.3) is 0 Å². The SMILES string of the molecule is CCNC(=NCC1CCN(CC)C1)NCCCn1cccn1.I. The first-order valence-corrected chi connectivity index (χ1v) is 8.53. The van der Waals surface area contributed by atoms with Crippen molar-refractivity contribution in [3.63, 3.8) is 0 Å². The number of aromatic nitrogens is 2. The molecule has 0 amide bonds. The Labute approximate surface area is 157 Å². The highest BCUT2D eigenvalue weighted by atomic mass is 127. The maximum atomic E-state index is 4.74. The lowest BCUT2D eigenvalue weighted by Gasteiger charge is -2.14. The summed E-state index contributed by atoms with van der Waals surface area (Å²) in [6, 6.07) is 1.96. The summed E-state index contributed by atoms with van der Waals surface area (Å²) < 4.78 is 1.96. The summed E-state index contributed by atoms with van der Waals surface area (Å²) in [6.07, 6.45) is 6.13. The molecule has 0 spiro atoms. The van der Waals surface area contributed by atoms with Gasteiger partial charge in [0.15, 0.2) is 5.96 Å². The Morgan fingerprint density at radius 3 is 2.87 bits per heavy atom. The van der Waals surface area contributed by atoms with Crippen LogP contribution in [-0.4, -0.2) is 59.9 Å². The third-order valence-electron chi connectivity index (χ3n) is 4.08. The topological polar surface area (TPSA) is 57.5 Å². The van der Waals surface area contributed by atoms with E-state index >= 15 is 0 Å². The number of halogens is 1. The number of hydrogen-bond acceptors (Lipinski definition) is 3. The number of hydrogen-bond donors (Lipinski definition) is 2. The van der Waals surface area contributed by atoms with Crippen molar-refractivity contribution in [2.75, 3.05) is 39.3 Å². The zero-order chi connectivity index (χ0) is 15.6. The summed E-state index contributed by atoms with van der Waals surface area (Å²) in [5, 5.41) is 11.0. The summed E-state index contributed by atoms with van der Waals surface area (Å²) in [4.78, 5) is 7.25. The van der Waals surface area contributed by atoms with Gasteiger partial charge in [-0.2, -0.15) is 5.10 Å². The van der Waals surface area contributed by atoms with Crippen LogP contribution in [0.1, 0.15) is 26.7 Å². The van der Waals surface area contributed by atoms with E-state index in [9.17, 15) is 0 Å². The first kappa shape index (κ1) is 20.2. The van der Waals surface area contributed by atoms with Gasteiger partial charge in [-0.05, 0) is 44.8 Å². The highest BCUT2D eigenvalue weighted by molar-refractivity contribution is 14.0. The Balaban J connectivity index is 0.00000264. The molecule has 0 saturated carbocycles. The van der Waals surface area contributed by atoms with Gasteiger partial charge in [-0.25, -0.2) is 0 Å². The van der Waals surface area contributed by atoms with Crippen LogP contribution in [0, 0.1) is 5.92 Å². The molecular weight excluding hydrogens is 403 g/mol. The fourth-order valence-electron chi connectivity index (χ4n) is 2.79. The molecule has 2 N–H and O–H groups in total. The van der Waals surface area contributed by atoms with Gasteiger partial charge in [-0.3, -0.25) is 9.67 Å². The van der Waals surface area contributed by atoms with Crippen LogP contribution in [0.25, 0.3) is 0 Å². The van der Waals surface area contributed by atoms with Crippen LogP contribution in [-0.2, 0) is 6.54 Å². The number of rotatable bonds is 8. The van der Waals surface area contributed by atoms with Gasteiger partial charge in [0, 0.05) is 45.1 Å². The van der Waals surface area contributed by atoms with Crippen molar-refractivity contribution in [2.24, 2.45) is 10.9 Å². The van der Waals surface area contributed by atoms with Crippen LogP contribution < -0.4 is 10.6 Å². The van der Waals surface area contributed by atoms with Crippen LogP contribution in [0.4, 0.5) is 0 Å². The fourth-order valence-corrected chi connectivity index (χ4v) is 2.79. The normalized spacial score (nSPS) is 18.7. The molecule has 0 bridgehead atoms. The number of guanidine groups is 1. The van der Waals surface area contributed by atoms with Crippen molar-refractivity contribution in [3.05, 3.63) is 18.5 Å². The highest BCUT2D eigenvalue weighted by Gasteiger charge is 2.20. The smallest absolute Gasteiger partial charge is 0.191 e. The molecule has 0 aromatic carbocycles. The summed E-state index contributed by atoms with van der Waals surface area (Å²) in [5.74, 6) is 1.65. The minimum Gasteiger partial charge on any atom is -0.357 e. The predicted octanol–water partition coefficient (Wildman–Crippen LogP) is 1.79. The van der Waals surface area contributed by atoms with Crippen LogP contribution in [0.15, 0.2) is 23.5 Å². The van der Waals surface area contributed by atoms with Crippen LogP contribution in [0.3, 0.4) is 0 Å². The maximum absolute atomic E-state index is 4.74. The zero-order valence-corrected chi connectivity index (χ0v) is 16.7. The average molecular weight is 434 g/mol. The summed E-state index contributed by atoms with van der Waals surface area (Å²) in [6.45, 7) is 11.6. The van der Waals surface area contributed by atoms with Crippen molar-refractivity contribution in [1.82, 2.24) is 25.3 Å². The number of aliphatic imine (C=N–C) groups is 1. The molecule has 2 heterocycles. The minimum atomic E-state index is 0. The van der Waals surface area contributed by atoms with E-state index < -0.39 is 0 Å². The molecule has 2 rings (SSSR count). The van der Waals surface area contributed by atoms with Crippen LogP contribution >= 0.6 is 24.0 Å². The van der Waals surface area contributed by atoms with Crippen LogP contribution in [0.2, 0.25) is 0 Å². The van der Waals surface area contributed by atoms with E-state index in [0.29, 0.717) is 5.92 Å². The third kappa shape index (κ3) is 7.52. The quantitative estimate of drug-likeness (QED) is 0.284. The molecule has 0 radical (unpaired) electrons. The first-order chi connectivity index (χ1) is 10.8. The minimum absolute atomic E-state index is 0. The maximum Gasteiger partial charge on any atom is 0.191 e. The molecule has 132 valence electrons. The van der Waals surface area contributed by atoms with E-state index in [-0.39, 0.29) is 24.0 Å².